The van der Waals surface area contributed by atoms with Crippen LogP contribution in [-0.2, 0) is 20.2 Å². The molecule has 0 aliphatic heterocycles. The molecule has 0 aliphatic carbocycles. The number of benzene rings is 2. The first-order valence-electron chi connectivity index (χ1n) is 5.49. The van der Waals surface area contributed by atoms with Crippen molar-refractivity contribution in [1.82, 2.24) is 0 Å². The van der Waals surface area contributed by atoms with E-state index in [1.807, 2.05) is 0 Å². The Morgan fingerprint density at radius 2 is 1.39 bits per heavy atom. The molecule has 2 rings (SSSR count). The van der Waals surface area contributed by atoms with Crippen LogP contribution in [0.15, 0.2) is 58.3 Å². The Balaban J connectivity index is 0.000000403. The fourth-order valence-corrected chi connectivity index (χ4v) is 2.30. The summed E-state index contributed by atoms with van der Waals surface area (Å²) in [4.78, 5) is -0.789. The van der Waals surface area contributed by atoms with Gasteiger partial charge in [0, 0.05) is 6.07 Å². The second-order valence-electron chi connectivity index (χ2n) is 3.90. The summed E-state index contributed by atoms with van der Waals surface area (Å²) in [6.07, 6.45) is 0. The maximum absolute atomic E-state index is 10.5. The normalized spacial score (nSPS) is 10.9. The zero-order valence-corrected chi connectivity index (χ0v) is 16.8. The molecule has 0 aromatic heterocycles. The summed E-state index contributed by atoms with van der Waals surface area (Å²) < 4.78 is 60.2. The molecule has 0 saturated carbocycles. The van der Waals surface area contributed by atoms with Crippen LogP contribution in [0, 0.1) is 0 Å². The van der Waals surface area contributed by atoms with Crippen LogP contribution in [0.3, 0.4) is 0 Å². The summed E-state index contributed by atoms with van der Waals surface area (Å²) in [5, 5.41) is 19.3. The largest absolute Gasteiger partial charge is 2.00 e. The van der Waals surface area contributed by atoms with Gasteiger partial charge in [-0.3, -0.25) is 4.55 Å². The minimum Gasteiger partial charge on any atom is -0.872 e. The van der Waals surface area contributed by atoms with Gasteiger partial charge in [0.1, 0.15) is 15.9 Å². The van der Waals surface area contributed by atoms with Crippen LogP contribution in [0.4, 0.5) is 0 Å². The molecule has 0 atom stereocenters. The van der Waals surface area contributed by atoms with Crippen molar-refractivity contribution in [2.45, 2.75) is 9.79 Å². The van der Waals surface area contributed by atoms with Crippen molar-refractivity contribution < 1.29 is 36.2 Å². The Labute approximate surface area is 153 Å². The van der Waals surface area contributed by atoms with E-state index in [2.05, 4.69) is 0 Å². The van der Waals surface area contributed by atoms with Crippen LogP contribution in [0.1, 0.15) is 0 Å². The molecule has 0 spiro atoms. The average Bonchev–Trinajstić information content (AvgIpc) is 2.37. The summed E-state index contributed by atoms with van der Waals surface area (Å²) in [6, 6.07) is 9.09. The zero-order chi connectivity index (χ0) is 17.0. The maximum atomic E-state index is 10.5. The number of hydrogen-bond donors (Lipinski definition) is 2. The van der Waals surface area contributed by atoms with Crippen molar-refractivity contribution in [2.24, 2.45) is 0 Å². The first kappa shape index (κ1) is 21.8. The molecule has 8 nitrogen and oxygen atoms in total. The minimum absolute atomic E-state index is 0. The maximum Gasteiger partial charge on any atom is 2.00 e. The first-order chi connectivity index (χ1) is 10.00. The quantitative estimate of drug-likeness (QED) is 0.387. The van der Waals surface area contributed by atoms with Crippen LogP contribution in [0.5, 0.6) is 11.5 Å². The molecule has 11 heteroatoms. The smallest absolute Gasteiger partial charge is 0.872 e. The second kappa shape index (κ2) is 8.58. The predicted octanol–water partition coefficient (Wildman–Crippen LogP) is -0.0776. The first-order valence-corrected chi connectivity index (χ1v) is 8.34. The number of phenols is 1. The molecule has 23 heavy (non-hydrogen) atoms. The number of aromatic hydroxyl groups is 1. The SMILES string of the molecule is O=S(=O)(O)c1cccc(O)c1.O=S(=O)([O-])c1cccc([O-])c1.[Pb+2]. The van der Waals surface area contributed by atoms with E-state index in [9.17, 15) is 26.5 Å². The van der Waals surface area contributed by atoms with Crippen molar-refractivity contribution in [3.8, 4) is 11.5 Å². The summed E-state index contributed by atoms with van der Waals surface area (Å²) in [6.45, 7) is 0. The Kier molecular flexibility index (Phi) is 8.13. The Bertz CT molecular complexity index is 789. The van der Waals surface area contributed by atoms with Crippen molar-refractivity contribution in [3.63, 3.8) is 0 Å². The minimum atomic E-state index is -4.48. The van der Waals surface area contributed by atoms with Gasteiger partial charge < -0.3 is 14.8 Å². The Hall–Kier alpha value is -1.22. The topological polar surface area (TPSA) is 155 Å². The molecule has 0 bridgehead atoms. The monoisotopic (exact) mass is 554 g/mol. The molecule has 2 radical (unpaired) electrons. The standard InChI is InChI=1S/2C6H6O4S.Pb/c2*7-5-2-1-3-6(4-5)11(8,9)10;/h2*1-4,7H,(H,8,9,10);/q;;+2/p-2. The zero-order valence-electron chi connectivity index (χ0n) is 11.3. The molecule has 122 valence electrons. The summed E-state index contributed by atoms with van der Waals surface area (Å²) in [7, 11) is -8.66. The van der Waals surface area contributed by atoms with Crippen LogP contribution in [-0.4, -0.2) is 58.3 Å². The molecule has 0 fully saturated rings. The van der Waals surface area contributed by atoms with Gasteiger partial charge in [-0.15, -0.1) is 5.75 Å². The predicted molar refractivity (Wildman–Crippen MR) is 77.5 cm³/mol. The second-order valence-corrected chi connectivity index (χ2v) is 6.70. The summed E-state index contributed by atoms with van der Waals surface area (Å²) in [5.74, 6) is -0.679. The molecular weight excluding hydrogens is 543 g/mol. The van der Waals surface area contributed by atoms with Crippen LogP contribution >= 0.6 is 0 Å². The van der Waals surface area contributed by atoms with Gasteiger partial charge in [-0.2, -0.15) is 8.42 Å². The van der Waals surface area contributed by atoms with Crippen molar-refractivity contribution in [1.29, 1.82) is 0 Å². The van der Waals surface area contributed by atoms with Gasteiger partial charge in [-0.25, -0.2) is 8.42 Å². The molecular formula is C12H10O8PbS2. The molecule has 0 amide bonds. The third kappa shape index (κ3) is 7.74. The van der Waals surface area contributed by atoms with E-state index >= 15 is 0 Å². The number of hydrogen-bond acceptors (Lipinski definition) is 7. The third-order valence-electron chi connectivity index (χ3n) is 2.21. The Morgan fingerprint density at radius 3 is 1.74 bits per heavy atom. The summed E-state index contributed by atoms with van der Waals surface area (Å²) in [5.41, 5.74) is 0. The molecule has 2 aromatic rings. The fourth-order valence-electron chi connectivity index (χ4n) is 1.27. The van der Waals surface area contributed by atoms with Gasteiger partial charge in [-0.1, -0.05) is 24.3 Å². The van der Waals surface area contributed by atoms with Crippen molar-refractivity contribution >= 4 is 47.5 Å². The molecule has 0 heterocycles. The number of phenolic OH excluding ortho intramolecular Hbond substituents is 1. The molecule has 2 aromatic carbocycles. The molecule has 2 N–H and O–H groups in total. The van der Waals surface area contributed by atoms with Crippen molar-refractivity contribution in [3.05, 3.63) is 48.5 Å². The number of rotatable bonds is 2. The van der Waals surface area contributed by atoms with Crippen LogP contribution in [0.25, 0.3) is 0 Å². The van der Waals surface area contributed by atoms with Gasteiger partial charge in [0.25, 0.3) is 10.1 Å². The fraction of sp³-hybridized carbons (Fsp3) is 0. The van der Waals surface area contributed by atoms with Crippen LogP contribution in [0.2, 0.25) is 0 Å². The molecule has 0 aliphatic rings. The van der Waals surface area contributed by atoms with E-state index < -0.39 is 30.9 Å². The molecule has 0 saturated heterocycles. The van der Waals surface area contributed by atoms with E-state index in [1.165, 1.54) is 30.3 Å². The van der Waals surface area contributed by atoms with Gasteiger partial charge >= 0.3 is 27.3 Å². The molecule has 0 unspecified atom stereocenters. The summed E-state index contributed by atoms with van der Waals surface area (Å²) >= 11 is 0. The van der Waals surface area contributed by atoms with Crippen LogP contribution < -0.4 is 5.11 Å². The van der Waals surface area contributed by atoms with E-state index in [1.54, 1.807) is 0 Å². The average molecular weight is 554 g/mol. The van der Waals surface area contributed by atoms with Crippen molar-refractivity contribution in [2.75, 3.05) is 0 Å². The third-order valence-corrected chi connectivity index (χ3v) is 3.89. The van der Waals surface area contributed by atoms with Gasteiger partial charge in [-0.05, 0) is 18.2 Å². The van der Waals surface area contributed by atoms with E-state index in [0.29, 0.717) is 0 Å². The van der Waals surface area contributed by atoms with E-state index in [4.69, 9.17) is 9.66 Å². The van der Waals surface area contributed by atoms with Gasteiger partial charge in [0.05, 0.1) is 9.79 Å². The van der Waals surface area contributed by atoms with Gasteiger partial charge in [0.2, 0.25) is 0 Å². The van der Waals surface area contributed by atoms with Gasteiger partial charge in [0.15, 0.2) is 0 Å². The van der Waals surface area contributed by atoms with E-state index in [0.717, 1.165) is 18.2 Å². The van der Waals surface area contributed by atoms with E-state index in [-0.39, 0.29) is 37.9 Å². The Morgan fingerprint density at radius 1 is 0.870 bits per heavy atom.